The van der Waals surface area contributed by atoms with E-state index in [1.54, 1.807) is 0 Å². The van der Waals surface area contributed by atoms with Gasteiger partial charge in [-0.05, 0) is 62.3 Å². The van der Waals surface area contributed by atoms with Crippen LogP contribution < -0.4 is 0 Å². The molecule has 4 rings (SSSR count). The number of likely N-dealkylation sites (tertiary alicyclic amines) is 1. The van der Waals surface area contributed by atoms with Crippen LogP contribution >= 0.6 is 0 Å². The molecule has 0 bridgehead atoms. The Balaban J connectivity index is 1.52. The van der Waals surface area contributed by atoms with Crippen LogP contribution in [0.1, 0.15) is 41.8 Å². The van der Waals surface area contributed by atoms with Gasteiger partial charge in [-0.2, -0.15) is 0 Å². The molecule has 2 aliphatic rings. The van der Waals surface area contributed by atoms with E-state index in [1.807, 2.05) is 61.2 Å². The summed E-state index contributed by atoms with van der Waals surface area (Å²) in [6.45, 7) is 5.34. The van der Waals surface area contributed by atoms with Crippen LogP contribution in [0.2, 0.25) is 0 Å². The second-order valence-electron chi connectivity index (χ2n) is 8.28. The van der Waals surface area contributed by atoms with Gasteiger partial charge in [-0.1, -0.05) is 30.3 Å². The summed E-state index contributed by atoms with van der Waals surface area (Å²) in [4.78, 5) is 19.3. The largest absolute Gasteiger partial charge is 0.385 e. The zero-order valence-electron chi connectivity index (χ0n) is 16.2. The minimum absolute atomic E-state index is 0.124. The van der Waals surface area contributed by atoms with Gasteiger partial charge in [0.2, 0.25) is 5.91 Å². The van der Waals surface area contributed by atoms with Crippen LogP contribution in [0.3, 0.4) is 0 Å². The first-order valence-corrected chi connectivity index (χ1v) is 9.95. The van der Waals surface area contributed by atoms with Crippen LogP contribution in [-0.4, -0.2) is 34.0 Å². The van der Waals surface area contributed by atoms with E-state index < -0.39 is 5.60 Å². The molecule has 2 aromatic rings. The molecule has 4 nitrogen and oxygen atoms in total. The molecule has 1 aromatic heterocycles. The molecule has 1 saturated carbocycles. The maximum Gasteiger partial charge on any atom is 0.227 e. The van der Waals surface area contributed by atoms with Gasteiger partial charge in [-0.3, -0.25) is 9.78 Å². The van der Waals surface area contributed by atoms with Gasteiger partial charge in [0.05, 0.1) is 12.0 Å². The van der Waals surface area contributed by atoms with Gasteiger partial charge in [0.1, 0.15) is 0 Å². The fourth-order valence-electron chi connectivity index (χ4n) is 5.12. The van der Waals surface area contributed by atoms with Crippen molar-refractivity contribution in [3.8, 4) is 0 Å². The predicted octanol–water partition coefficient (Wildman–Crippen LogP) is 3.39. The number of amides is 1. The Kier molecular flexibility index (Phi) is 4.77. The van der Waals surface area contributed by atoms with Gasteiger partial charge in [-0.15, -0.1) is 0 Å². The van der Waals surface area contributed by atoms with Gasteiger partial charge >= 0.3 is 0 Å². The predicted molar refractivity (Wildman–Crippen MR) is 105 cm³/mol. The lowest BCUT2D eigenvalue weighted by Crippen LogP contribution is -2.43. The zero-order chi connectivity index (χ0) is 19.0. The monoisotopic (exact) mass is 364 g/mol. The van der Waals surface area contributed by atoms with Crippen LogP contribution in [0, 0.1) is 25.7 Å². The van der Waals surface area contributed by atoms with E-state index in [1.165, 1.54) is 0 Å². The summed E-state index contributed by atoms with van der Waals surface area (Å²) in [5.74, 6) is 0.664. The molecule has 1 amide bonds. The molecule has 0 unspecified atom stereocenters. The van der Waals surface area contributed by atoms with Crippen LogP contribution in [0.4, 0.5) is 0 Å². The van der Waals surface area contributed by atoms with Crippen molar-refractivity contribution in [3.05, 3.63) is 65.0 Å². The number of fused-ring (bicyclic) bond motifs is 1. The number of nitrogens with zero attached hydrogens (tertiary/aromatic N) is 2. The Morgan fingerprint density at radius 1 is 1.19 bits per heavy atom. The van der Waals surface area contributed by atoms with Crippen molar-refractivity contribution in [1.82, 2.24) is 9.88 Å². The highest BCUT2D eigenvalue weighted by atomic mass is 16.3. The smallest absolute Gasteiger partial charge is 0.227 e. The molecule has 1 aliphatic heterocycles. The maximum atomic E-state index is 13.0. The van der Waals surface area contributed by atoms with Crippen LogP contribution in [0.15, 0.2) is 42.5 Å². The number of pyridine rings is 1. The van der Waals surface area contributed by atoms with Crippen molar-refractivity contribution in [2.24, 2.45) is 11.8 Å². The minimum atomic E-state index is -0.816. The number of hydrogen-bond donors (Lipinski definition) is 1. The maximum absolute atomic E-state index is 13.0. The second-order valence-corrected chi connectivity index (χ2v) is 8.28. The highest BCUT2D eigenvalue weighted by Crippen LogP contribution is 2.48. The van der Waals surface area contributed by atoms with Gasteiger partial charge in [0.15, 0.2) is 0 Å². The van der Waals surface area contributed by atoms with Gasteiger partial charge in [0.25, 0.3) is 0 Å². The molecule has 1 aromatic carbocycles. The number of carbonyl (C=O) groups excluding carboxylic acids is 1. The number of hydrogen-bond acceptors (Lipinski definition) is 3. The summed E-state index contributed by atoms with van der Waals surface area (Å²) in [7, 11) is 0. The summed E-state index contributed by atoms with van der Waals surface area (Å²) in [6.07, 6.45) is 3.30. The molecule has 0 radical (unpaired) electrons. The fraction of sp³-hybridized carbons (Fsp3) is 0.478. The van der Waals surface area contributed by atoms with Crippen LogP contribution in [0.25, 0.3) is 0 Å². The third-order valence-electron chi connectivity index (χ3n) is 6.31. The third-order valence-corrected chi connectivity index (χ3v) is 6.31. The molecule has 3 atom stereocenters. The fourth-order valence-corrected chi connectivity index (χ4v) is 5.12. The number of aryl methyl sites for hydroxylation is 2. The summed E-state index contributed by atoms with van der Waals surface area (Å²) >= 11 is 0. The number of carbonyl (C=O) groups is 1. The Hall–Kier alpha value is -2.20. The Bertz CT molecular complexity index is 815. The highest BCUT2D eigenvalue weighted by Gasteiger charge is 2.50. The lowest BCUT2D eigenvalue weighted by molar-refractivity contribution is -0.130. The van der Waals surface area contributed by atoms with E-state index in [9.17, 15) is 9.90 Å². The first-order chi connectivity index (χ1) is 13.0. The molecule has 2 fully saturated rings. The second kappa shape index (κ2) is 7.08. The molecular formula is C23H28N2O2. The van der Waals surface area contributed by atoms with E-state index in [0.29, 0.717) is 18.9 Å². The van der Waals surface area contributed by atoms with E-state index in [4.69, 9.17) is 0 Å². The molecule has 0 spiro atoms. The molecule has 1 aliphatic carbocycles. The molecular weight excluding hydrogens is 336 g/mol. The van der Waals surface area contributed by atoms with E-state index >= 15 is 0 Å². The number of rotatable bonds is 3. The van der Waals surface area contributed by atoms with E-state index in [-0.39, 0.29) is 11.8 Å². The Morgan fingerprint density at radius 3 is 2.59 bits per heavy atom. The molecule has 1 N–H and O–H groups in total. The van der Waals surface area contributed by atoms with Crippen molar-refractivity contribution >= 4 is 5.91 Å². The van der Waals surface area contributed by atoms with Gasteiger partial charge < -0.3 is 10.0 Å². The minimum Gasteiger partial charge on any atom is -0.385 e. The first kappa shape index (κ1) is 18.2. The topological polar surface area (TPSA) is 53.4 Å². The van der Waals surface area contributed by atoms with Crippen molar-refractivity contribution in [2.75, 3.05) is 13.1 Å². The van der Waals surface area contributed by atoms with Gasteiger partial charge in [-0.25, -0.2) is 0 Å². The summed E-state index contributed by atoms with van der Waals surface area (Å²) in [6, 6.07) is 14.0. The Morgan fingerprint density at radius 2 is 1.89 bits per heavy atom. The average molecular weight is 364 g/mol. The van der Waals surface area contributed by atoms with Crippen molar-refractivity contribution in [3.63, 3.8) is 0 Å². The molecule has 142 valence electrons. The first-order valence-electron chi connectivity index (χ1n) is 9.95. The number of aliphatic hydroxyl groups is 1. The number of benzene rings is 1. The SMILES string of the molecule is Cc1cc(CC(=O)N2C[C@@H]3CCC[C@@](O)(c4ccccc4)[C@@H]3C2)cc(C)n1. The molecule has 27 heavy (non-hydrogen) atoms. The molecule has 4 heteroatoms. The molecule has 2 heterocycles. The summed E-state index contributed by atoms with van der Waals surface area (Å²) in [5, 5.41) is 11.5. The Labute approximate surface area is 161 Å². The quantitative estimate of drug-likeness (QED) is 0.908. The zero-order valence-corrected chi connectivity index (χ0v) is 16.2. The summed E-state index contributed by atoms with van der Waals surface area (Å²) in [5.41, 5.74) is 3.11. The lowest BCUT2D eigenvalue weighted by Gasteiger charge is -2.41. The van der Waals surface area contributed by atoms with Crippen LogP contribution in [-0.2, 0) is 16.8 Å². The van der Waals surface area contributed by atoms with Crippen LogP contribution in [0.5, 0.6) is 0 Å². The third kappa shape index (κ3) is 3.51. The number of aromatic nitrogens is 1. The van der Waals surface area contributed by atoms with E-state index in [2.05, 4.69) is 4.98 Å². The standard InChI is InChI=1S/C23H28N2O2/c1-16-11-18(12-17(2)24-16)13-22(26)25-14-19-7-6-10-23(27,21(19)15-25)20-8-4-3-5-9-20/h3-5,8-9,11-12,19,21,27H,6-7,10,13-15H2,1-2H3/t19-,21+,23+/m0/s1. The summed E-state index contributed by atoms with van der Waals surface area (Å²) < 4.78 is 0. The van der Waals surface area contributed by atoms with Gasteiger partial charge in [0, 0.05) is 30.4 Å². The lowest BCUT2D eigenvalue weighted by atomic mass is 9.67. The average Bonchev–Trinajstić information content (AvgIpc) is 3.08. The normalized spacial score (nSPS) is 27.4. The van der Waals surface area contributed by atoms with Crippen molar-refractivity contribution in [1.29, 1.82) is 0 Å². The molecule has 1 saturated heterocycles. The van der Waals surface area contributed by atoms with Crippen molar-refractivity contribution in [2.45, 2.75) is 45.1 Å². The van der Waals surface area contributed by atoms with Crippen molar-refractivity contribution < 1.29 is 9.90 Å². The van der Waals surface area contributed by atoms with E-state index in [0.717, 1.165) is 48.3 Å². The highest BCUT2D eigenvalue weighted by molar-refractivity contribution is 5.79.